The molecule has 0 radical (unpaired) electrons. The number of hydrogen-bond acceptors (Lipinski definition) is 7. The van der Waals surface area contributed by atoms with Crippen LogP contribution in [-0.2, 0) is 29.0 Å². The molecule has 5 unspecified atom stereocenters. The van der Waals surface area contributed by atoms with Crippen molar-refractivity contribution in [3.05, 3.63) is 0 Å². The summed E-state index contributed by atoms with van der Waals surface area (Å²) in [5.41, 5.74) is -1.67. The van der Waals surface area contributed by atoms with Crippen molar-refractivity contribution in [1.29, 1.82) is 0 Å². The van der Waals surface area contributed by atoms with Gasteiger partial charge in [-0.25, -0.2) is 13.2 Å². The first-order valence-electron chi connectivity index (χ1n) is 18.1. The van der Waals surface area contributed by atoms with Crippen LogP contribution in [0.5, 0.6) is 0 Å². The Kier molecular flexibility index (Phi) is 10.3. The second kappa shape index (κ2) is 13.5. The van der Waals surface area contributed by atoms with Gasteiger partial charge in [0, 0.05) is 12.6 Å². The van der Waals surface area contributed by atoms with Gasteiger partial charge in [-0.15, -0.1) is 0 Å². The van der Waals surface area contributed by atoms with Gasteiger partial charge in [0.15, 0.2) is 9.84 Å². The number of Topliss-reactive ketones (excluding diaryl/α,β-unsaturated/α-hetero) is 1. The Balaban J connectivity index is 1.29. The molecule has 0 bridgehead atoms. The van der Waals surface area contributed by atoms with Crippen molar-refractivity contribution in [2.75, 3.05) is 12.3 Å². The van der Waals surface area contributed by atoms with Crippen LogP contribution in [0.1, 0.15) is 119 Å². The summed E-state index contributed by atoms with van der Waals surface area (Å²) < 4.78 is 25.6. The Labute approximate surface area is 286 Å². The number of nitrogens with zero attached hydrogens (tertiary/aromatic N) is 1. The number of urea groups is 1. The quantitative estimate of drug-likeness (QED) is 0.215. The molecule has 5 aliphatic rings. The van der Waals surface area contributed by atoms with Gasteiger partial charge in [-0.3, -0.25) is 19.2 Å². The van der Waals surface area contributed by atoms with Gasteiger partial charge < -0.3 is 26.2 Å². The molecule has 1 heterocycles. The first-order valence-corrected chi connectivity index (χ1v) is 19.7. The summed E-state index contributed by atoms with van der Waals surface area (Å²) in [5.74, 6) is -1.70. The zero-order chi connectivity index (χ0) is 35.2. The fraction of sp³-hybridized carbons (Fsp3) is 0.857. The lowest BCUT2D eigenvalue weighted by Gasteiger charge is -2.41. The normalized spacial score (nSPS) is 26.5. The third-order valence-electron chi connectivity index (χ3n) is 11.0. The minimum Gasteiger partial charge on any atom is -0.347 e. The first kappa shape index (κ1) is 36.6. The van der Waals surface area contributed by atoms with Gasteiger partial charge >= 0.3 is 6.03 Å². The summed E-state index contributed by atoms with van der Waals surface area (Å²) in [7, 11) is -3.55. The minimum atomic E-state index is -3.55. The molecule has 12 nitrogen and oxygen atoms in total. The monoisotopic (exact) mass is 691 g/mol. The maximum atomic E-state index is 14.3. The molecule has 0 aromatic carbocycles. The summed E-state index contributed by atoms with van der Waals surface area (Å²) >= 11 is 0. The van der Waals surface area contributed by atoms with Crippen molar-refractivity contribution in [2.24, 2.45) is 23.2 Å². The summed E-state index contributed by atoms with van der Waals surface area (Å²) in [6, 6.07) is -3.34. The highest BCUT2D eigenvalue weighted by Crippen LogP contribution is 2.50. The van der Waals surface area contributed by atoms with Gasteiger partial charge in [0.25, 0.3) is 5.91 Å². The number of sulfone groups is 1. The van der Waals surface area contributed by atoms with E-state index in [9.17, 15) is 32.4 Å². The van der Waals surface area contributed by atoms with E-state index < -0.39 is 73.2 Å². The number of carbonyl (C=O) groups is 5. The van der Waals surface area contributed by atoms with Crippen LogP contribution in [0.25, 0.3) is 0 Å². The van der Waals surface area contributed by atoms with Crippen molar-refractivity contribution >= 4 is 39.4 Å². The van der Waals surface area contributed by atoms with Crippen molar-refractivity contribution in [2.45, 2.75) is 153 Å². The molecule has 13 heteroatoms. The lowest BCUT2D eigenvalue weighted by Crippen LogP contribution is -2.64. The Morgan fingerprint density at radius 1 is 0.896 bits per heavy atom. The molecule has 5 rings (SSSR count). The van der Waals surface area contributed by atoms with Crippen LogP contribution in [-0.4, -0.2) is 89.6 Å². The van der Waals surface area contributed by atoms with Gasteiger partial charge in [-0.1, -0.05) is 52.9 Å². The van der Waals surface area contributed by atoms with Crippen molar-refractivity contribution < 1.29 is 32.4 Å². The fourth-order valence-corrected chi connectivity index (χ4v) is 8.86. The van der Waals surface area contributed by atoms with E-state index in [0.29, 0.717) is 31.7 Å². The number of fused-ring (bicyclic) bond motifs is 1. The molecular weight excluding hydrogens is 634 g/mol. The molecule has 0 spiro atoms. The molecule has 5 atom stereocenters. The van der Waals surface area contributed by atoms with Gasteiger partial charge in [0.05, 0.1) is 22.1 Å². The van der Waals surface area contributed by atoms with E-state index in [1.807, 2.05) is 20.8 Å². The van der Waals surface area contributed by atoms with Crippen molar-refractivity contribution in [3.63, 3.8) is 0 Å². The number of amides is 5. The molecule has 0 aromatic rings. The van der Waals surface area contributed by atoms with E-state index in [1.165, 1.54) is 4.90 Å². The number of likely N-dealkylation sites (tertiary alicyclic amines) is 1. The SMILES string of the molecule is CC(C)(C)C(NC(=O)NC1(CS(=O)(=O)C(C)(C)C)CCCCC1)C(=O)N1CC2CC2C1C(=O)NC(CCC1CC1)C(=O)C(=O)NC1CC1. The predicted octanol–water partition coefficient (Wildman–Crippen LogP) is 2.99. The Bertz CT molecular complexity index is 1390. The van der Waals surface area contributed by atoms with Crippen LogP contribution in [0.2, 0.25) is 0 Å². The fourth-order valence-electron chi connectivity index (χ4n) is 7.34. The molecule has 270 valence electrons. The smallest absolute Gasteiger partial charge is 0.315 e. The van der Waals surface area contributed by atoms with Gasteiger partial charge in [-0.2, -0.15) is 0 Å². The summed E-state index contributed by atoms with van der Waals surface area (Å²) in [6.45, 7) is 10.9. The summed E-state index contributed by atoms with van der Waals surface area (Å²) in [6.07, 6.45) is 9.38. The summed E-state index contributed by atoms with van der Waals surface area (Å²) in [5, 5.41) is 11.5. The lowest BCUT2D eigenvalue weighted by molar-refractivity contribution is -0.144. The van der Waals surface area contributed by atoms with E-state index in [-0.39, 0.29) is 23.6 Å². The number of carbonyl (C=O) groups excluding carboxylic acids is 5. The molecule has 48 heavy (non-hydrogen) atoms. The second-order valence-electron chi connectivity index (χ2n) is 17.4. The number of ketones is 1. The number of rotatable bonds is 13. The molecule has 5 fully saturated rings. The van der Waals surface area contributed by atoms with Crippen LogP contribution in [0.4, 0.5) is 4.79 Å². The van der Waals surface area contributed by atoms with Gasteiger partial charge in [0.1, 0.15) is 12.1 Å². The van der Waals surface area contributed by atoms with Gasteiger partial charge in [-0.05, 0) is 88.9 Å². The molecule has 0 aromatic heterocycles. The Morgan fingerprint density at radius 3 is 2.10 bits per heavy atom. The maximum absolute atomic E-state index is 14.3. The van der Waals surface area contributed by atoms with Crippen LogP contribution in [0.15, 0.2) is 0 Å². The number of hydrogen-bond donors (Lipinski definition) is 4. The molecule has 4 N–H and O–H groups in total. The highest BCUT2D eigenvalue weighted by Gasteiger charge is 2.58. The van der Waals surface area contributed by atoms with Crippen LogP contribution >= 0.6 is 0 Å². The number of nitrogens with one attached hydrogen (secondary N) is 4. The molecule has 1 aliphatic heterocycles. The maximum Gasteiger partial charge on any atom is 0.315 e. The van der Waals surface area contributed by atoms with E-state index in [1.54, 1.807) is 20.8 Å². The standard InChI is InChI=1S/C35H57N5O7S/c1-33(2,3)28(38-32(45)39-35(16-8-7-9-17-35)20-48(46,47)34(4,5)6)31(44)40-19-22-18-24(22)26(40)29(42)37-25(15-12-21-10-11-21)27(41)30(43)36-23-13-14-23/h21-26,28H,7-20H2,1-6H3,(H,36,43)(H,37,42)(H2,38,39,45). The third kappa shape index (κ3) is 8.71. The third-order valence-corrected chi connectivity index (χ3v) is 13.8. The van der Waals surface area contributed by atoms with Crippen molar-refractivity contribution in [3.8, 4) is 0 Å². The van der Waals surface area contributed by atoms with E-state index >= 15 is 0 Å². The zero-order valence-corrected chi connectivity index (χ0v) is 30.5. The van der Waals surface area contributed by atoms with Gasteiger partial charge in [0.2, 0.25) is 17.6 Å². The topological polar surface area (TPSA) is 171 Å². The highest BCUT2D eigenvalue weighted by atomic mass is 32.2. The molecule has 5 amide bonds. The van der Waals surface area contributed by atoms with E-state index in [0.717, 1.165) is 57.8 Å². The lowest BCUT2D eigenvalue weighted by atomic mass is 9.83. The average molecular weight is 692 g/mol. The second-order valence-corrected chi connectivity index (χ2v) is 20.1. The Hall–Kier alpha value is -2.70. The van der Waals surface area contributed by atoms with E-state index in [2.05, 4.69) is 21.3 Å². The van der Waals surface area contributed by atoms with Crippen LogP contribution in [0, 0.1) is 23.2 Å². The first-order chi connectivity index (χ1) is 22.3. The summed E-state index contributed by atoms with van der Waals surface area (Å²) in [4.78, 5) is 69.3. The molecule has 1 saturated heterocycles. The van der Waals surface area contributed by atoms with Crippen LogP contribution in [0.3, 0.4) is 0 Å². The van der Waals surface area contributed by atoms with Crippen LogP contribution < -0.4 is 21.3 Å². The van der Waals surface area contributed by atoms with E-state index in [4.69, 9.17) is 0 Å². The Morgan fingerprint density at radius 2 is 1.54 bits per heavy atom. The molecular formula is C35H57N5O7S. The van der Waals surface area contributed by atoms with Crippen molar-refractivity contribution in [1.82, 2.24) is 26.2 Å². The average Bonchev–Trinajstić information content (AvgIpc) is 3.88. The largest absolute Gasteiger partial charge is 0.347 e. The minimum absolute atomic E-state index is 0.0197. The molecule has 4 saturated carbocycles. The molecule has 4 aliphatic carbocycles. The number of piperidine rings is 1. The zero-order valence-electron chi connectivity index (χ0n) is 29.7. The highest BCUT2D eigenvalue weighted by molar-refractivity contribution is 7.92. The predicted molar refractivity (Wildman–Crippen MR) is 181 cm³/mol.